The molecule has 0 bridgehead atoms. The van der Waals surface area contributed by atoms with Gasteiger partial charge >= 0.3 is 0 Å². The van der Waals surface area contributed by atoms with Gasteiger partial charge in [-0.3, -0.25) is 0 Å². The van der Waals surface area contributed by atoms with Gasteiger partial charge in [-0.05, 0) is 101 Å². The van der Waals surface area contributed by atoms with Crippen LogP contribution in [0.4, 0.5) is 0 Å². The molecule has 0 amide bonds. The van der Waals surface area contributed by atoms with Crippen molar-refractivity contribution in [2.45, 2.75) is 0 Å². The number of benzene rings is 8. The van der Waals surface area contributed by atoms with E-state index < -0.39 is 0 Å². The third kappa shape index (κ3) is 4.89. The van der Waals surface area contributed by atoms with Gasteiger partial charge in [-0.1, -0.05) is 133 Å². The van der Waals surface area contributed by atoms with Gasteiger partial charge in [0.05, 0.1) is 0 Å². The van der Waals surface area contributed by atoms with Gasteiger partial charge in [-0.15, -0.1) is 0 Å². The lowest BCUT2D eigenvalue weighted by Gasteiger charge is -2.13. The average Bonchev–Trinajstić information content (AvgIpc) is 3.13. The number of aromatic nitrogens is 3. The summed E-state index contributed by atoms with van der Waals surface area (Å²) in [5, 5.41) is 9.53. The van der Waals surface area contributed by atoms with Crippen molar-refractivity contribution in [3.8, 4) is 45.0 Å². The molecule has 0 saturated carbocycles. The van der Waals surface area contributed by atoms with Crippen LogP contribution in [-0.2, 0) is 0 Å². The normalized spacial score (nSPS) is 11.5. The molecule has 0 aliphatic heterocycles. The molecule has 0 N–H and O–H groups in total. The highest BCUT2D eigenvalue weighted by atomic mass is 35.5. The first-order valence-corrected chi connectivity index (χ1v) is 16.0. The summed E-state index contributed by atoms with van der Waals surface area (Å²) in [4.78, 5) is 14.1. The van der Waals surface area contributed by atoms with Gasteiger partial charge in [-0.2, -0.15) is 9.97 Å². The lowest BCUT2D eigenvalue weighted by Crippen LogP contribution is -1.98. The zero-order chi connectivity index (χ0) is 31.3. The maximum absolute atomic E-state index is 6.58. The minimum atomic E-state index is 0.166. The summed E-state index contributed by atoms with van der Waals surface area (Å²) in [5.41, 5.74) is 6.54. The second-order valence-corrected chi connectivity index (χ2v) is 12.2. The van der Waals surface area contributed by atoms with Gasteiger partial charge in [0, 0.05) is 11.1 Å². The molecule has 9 rings (SSSR count). The summed E-state index contributed by atoms with van der Waals surface area (Å²) in [5.74, 6) is 1.09. The predicted octanol–water partition coefficient (Wildman–Crippen LogP) is 11.8. The minimum absolute atomic E-state index is 0.166. The first-order valence-electron chi connectivity index (χ1n) is 15.6. The van der Waals surface area contributed by atoms with Crippen molar-refractivity contribution in [1.29, 1.82) is 0 Å². The van der Waals surface area contributed by atoms with E-state index in [0.717, 1.165) is 38.2 Å². The van der Waals surface area contributed by atoms with Crippen LogP contribution in [0.2, 0.25) is 5.28 Å². The van der Waals surface area contributed by atoms with Gasteiger partial charge in [0.15, 0.2) is 11.6 Å². The van der Waals surface area contributed by atoms with Crippen molar-refractivity contribution < 1.29 is 0 Å². The fourth-order valence-corrected chi connectivity index (χ4v) is 6.89. The van der Waals surface area contributed by atoms with Crippen LogP contribution in [0.5, 0.6) is 0 Å². The Hall–Kier alpha value is -5.90. The van der Waals surface area contributed by atoms with Crippen LogP contribution in [-0.4, -0.2) is 15.0 Å². The van der Waals surface area contributed by atoms with E-state index in [2.05, 4.69) is 168 Å². The van der Waals surface area contributed by atoms with E-state index in [1.807, 2.05) is 0 Å². The third-order valence-corrected chi connectivity index (χ3v) is 9.20. The number of hydrogen-bond acceptors (Lipinski definition) is 3. The SMILES string of the molecule is Clc1nc(-c2ccc3cc(-c4cccc5ccccc45)ccc3c2)nc(-c2ccc(-c3ccc4ccccc4c3)c3ccccc23)n1. The minimum Gasteiger partial charge on any atom is -0.208 e. The molecule has 220 valence electrons. The van der Waals surface area contributed by atoms with Crippen LogP contribution in [0.1, 0.15) is 0 Å². The summed E-state index contributed by atoms with van der Waals surface area (Å²) < 4.78 is 0. The van der Waals surface area contributed by atoms with Crippen molar-refractivity contribution in [3.05, 3.63) is 163 Å². The van der Waals surface area contributed by atoms with Crippen molar-refractivity contribution in [3.63, 3.8) is 0 Å². The van der Waals surface area contributed by atoms with E-state index in [9.17, 15) is 0 Å². The predicted molar refractivity (Wildman–Crippen MR) is 197 cm³/mol. The Labute approximate surface area is 276 Å². The Balaban J connectivity index is 1.11. The van der Waals surface area contributed by atoms with Crippen molar-refractivity contribution in [2.75, 3.05) is 0 Å². The molecule has 0 aliphatic carbocycles. The average molecular weight is 620 g/mol. The molecule has 1 heterocycles. The highest BCUT2D eigenvalue weighted by Gasteiger charge is 2.15. The number of hydrogen-bond donors (Lipinski definition) is 0. The van der Waals surface area contributed by atoms with Crippen LogP contribution in [0.25, 0.3) is 88.1 Å². The molecule has 1 aromatic heterocycles. The van der Waals surface area contributed by atoms with Crippen molar-refractivity contribution in [1.82, 2.24) is 15.0 Å². The number of halogens is 1. The largest absolute Gasteiger partial charge is 0.226 e. The zero-order valence-corrected chi connectivity index (χ0v) is 26.0. The summed E-state index contributed by atoms with van der Waals surface area (Å²) in [6, 6.07) is 55.6. The van der Waals surface area contributed by atoms with Crippen LogP contribution in [0.3, 0.4) is 0 Å². The molecule has 47 heavy (non-hydrogen) atoms. The molecule has 0 saturated heterocycles. The van der Waals surface area contributed by atoms with Crippen LogP contribution < -0.4 is 0 Å². The Morgan fingerprint density at radius 3 is 1.57 bits per heavy atom. The molecule has 0 spiro atoms. The maximum Gasteiger partial charge on any atom is 0.226 e. The second kappa shape index (κ2) is 11.2. The molecule has 0 fully saturated rings. The maximum atomic E-state index is 6.58. The zero-order valence-electron chi connectivity index (χ0n) is 25.2. The molecular weight excluding hydrogens is 594 g/mol. The van der Waals surface area contributed by atoms with E-state index in [1.165, 1.54) is 38.2 Å². The fraction of sp³-hybridized carbons (Fsp3) is 0. The number of nitrogens with zero attached hydrogens (tertiary/aromatic N) is 3. The van der Waals surface area contributed by atoms with Crippen LogP contribution in [0, 0.1) is 0 Å². The molecule has 0 atom stereocenters. The first kappa shape index (κ1) is 27.4. The van der Waals surface area contributed by atoms with Gasteiger partial charge in [0.25, 0.3) is 0 Å². The topological polar surface area (TPSA) is 38.7 Å². The Morgan fingerprint density at radius 2 is 0.809 bits per heavy atom. The van der Waals surface area contributed by atoms with Crippen LogP contribution >= 0.6 is 11.6 Å². The van der Waals surface area contributed by atoms with E-state index in [4.69, 9.17) is 16.6 Å². The van der Waals surface area contributed by atoms with Gasteiger partial charge in [0.2, 0.25) is 5.28 Å². The monoisotopic (exact) mass is 619 g/mol. The summed E-state index contributed by atoms with van der Waals surface area (Å²) in [6.07, 6.45) is 0. The molecule has 0 aliphatic rings. The molecule has 9 aromatic rings. The van der Waals surface area contributed by atoms with Gasteiger partial charge in [-0.25, -0.2) is 4.98 Å². The van der Waals surface area contributed by atoms with Crippen molar-refractivity contribution in [2.24, 2.45) is 0 Å². The highest BCUT2D eigenvalue weighted by Crippen LogP contribution is 2.37. The van der Waals surface area contributed by atoms with Crippen molar-refractivity contribution >= 4 is 54.7 Å². The molecule has 0 radical (unpaired) electrons. The summed E-state index contributed by atoms with van der Waals surface area (Å²) in [6.45, 7) is 0. The lowest BCUT2D eigenvalue weighted by molar-refractivity contribution is 1.07. The van der Waals surface area contributed by atoms with Gasteiger partial charge in [0.1, 0.15) is 0 Å². The molecular formula is C43H26ClN3. The quantitative estimate of drug-likeness (QED) is 0.197. The van der Waals surface area contributed by atoms with Crippen LogP contribution in [0.15, 0.2) is 158 Å². The lowest BCUT2D eigenvalue weighted by atomic mass is 9.93. The number of rotatable bonds is 4. The molecule has 0 unspecified atom stereocenters. The molecule has 3 nitrogen and oxygen atoms in total. The molecule has 8 aromatic carbocycles. The summed E-state index contributed by atoms with van der Waals surface area (Å²) in [7, 11) is 0. The third-order valence-electron chi connectivity index (χ3n) is 9.03. The smallest absolute Gasteiger partial charge is 0.208 e. The first-order chi connectivity index (χ1) is 23.2. The van der Waals surface area contributed by atoms with E-state index in [0.29, 0.717) is 11.6 Å². The fourth-order valence-electron chi connectivity index (χ4n) is 6.73. The highest BCUT2D eigenvalue weighted by molar-refractivity contribution is 6.28. The standard InChI is InChI=1S/C43H26ClN3/c44-43-46-41(34-21-18-30-25-32(20-17-31(30)26-34)36-15-7-11-28-9-3-4-12-35(28)36)45-42(47-43)40-23-22-37(38-13-5-6-14-39(38)40)33-19-16-27-8-1-2-10-29(27)24-33/h1-26H. The summed E-state index contributed by atoms with van der Waals surface area (Å²) >= 11 is 6.58. The van der Waals surface area contributed by atoms with E-state index in [-0.39, 0.29) is 5.28 Å². The Kier molecular flexibility index (Phi) is 6.51. The number of fused-ring (bicyclic) bond motifs is 4. The second-order valence-electron chi connectivity index (χ2n) is 11.8. The Bertz CT molecular complexity index is 2660. The van der Waals surface area contributed by atoms with Gasteiger partial charge < -0.3 is 0 Å². The van der Waals surface area contributed by atoms with E-state index in [1.54, 1.807) is 0 Å². The van der Waals surface area contributed by atoms with E-state index >= 15 is 0 Å². The molecule has 4 heteroatoms. The Morgan fingerprint density at radius 1 is 0.319 bits per heavy atom.